The Bertz CT molecular complexity index is 490. The van der Waals surface area contributed by atoms with Crippen LogP contribution in [0.1, 0.15) is 6.92 Å². The number of methoxy groups -OCH3 is 1. The zero-order valence-electron chi connectivity index (χ0n) is 9.60. The Labute approximate surface area is 106 Å². The fraction of sp³-hybridized carbons (Fsp3) is 0.400. The molecule has 0 bridgehead atoms. The highest BCUT2D eigenvalue weighted by molar-refractivity contribution is 7.89. The molecule has 0 amide bonds. The van der Waals surface area contributed by atoms with Crippen LogP contribution >= 0.6 is 11.6 Å². The number of hydrogen-bond acceptors (Lipinski definition) is 4. The van der Waals surface area contributed by atoms with Crippen LogP contribution < -0.4 is 10.5 Å². The van der Waals surface area contributed by atoms with Crippen molar-refractivity contribution < 1.29 is 13.2 Å². The van der Waals surface area contributed by atoms with Crippen LogP contribution in [0.3, 0.4) is 0 Å². The third-order valence-electron chi connectivity index (χ3n) is 2.02. The summed E-state index contributed by atoms with van der Waals surface area (Å²) in [4.78, 5) is 0.0105. The molecular weight excluding hydrogens is 264 g/mol. The molecule has 1 atom stereocenters. The molecule has 0 saturated carbocycles. The molecule has 96 valence electrons. The molecule has 0 aliphatic heterocycles. The average Bonchev–Trinajstić information content (AvgIpc) is 2.15. The molecule has 0 fully saturated rings. The van der Waals surface area contributed by atoms with Crippen molar-refractivity contribution in [1.82, 2.24) is 4.72 Å². The number of nitrogen functional groups attached to an aromatic ring is 1. The first-order valence-corrected chi connectivity index (χ1v) is 6.79. The van der Waals surface area contributed by atoms with E-state index in [1.807, 2.05) is 0 Å². The molecule has 0 spiro atoms. The van der Waals surface area contributed by atoms with Gasteiger partial charge in [-0.2, -0.15) is 0 Å². The first-order chi connectivity index (χ1) is 7.86. The molecule has 3 N–H and O–H groups in total. The lowest BCUT2D eigenvalue weighted by molar-refractivity contribution is 0.180. The molecule has 1 aromatic carbocycles. The van der Waals surface area contributed by atoms with Gasteiger partial charge in [0, 0.05) is 18.8 Å². The maximum Gasteiger partial charge on any atom is 0.242 e. The largest absolute Gasteiger partial charge is 0.399 e. The maximum absolute atomic E-state index is 12.0. The van der Waals surface area contributed by atoms with Gasteiger partial charge in [-0.1, -0.05) is 11.6 Å². The Morgan fingerprint density at radius 1 is 1.53 bits per heavy atom. The number of anilines is 1. The van der Waals surface area contributed by atoms with Crippen molar-refractivity contribution in [1.29, 1.82) is 0 Å². The molecule has 17 heavy (non-hydrogen) atoms. The van der Waals surface area contributed by atoms with Gasteiger partial charge in [0.1, 0.15) is 4.90 Å². The summed E-state index contributed by atoms with van der Waals surface area (Å²) in [5, 5.41) is 0.0992. The summed E-state index contributed by atoms with van der Waals surface area (Å²) < 4.78 is 31.2. The SMILES string of the molecule is COCC(C)NS(=O)(=O)c1ccc(N)cc1Cl. The number of benzene rings is 1. The third kappa shape index (κ3) is 3.85. The highest BCUT2D eigenvalue weighted by atomic mass is 35.5. The molecule has 0 aromatic heterocycles. The van der Waals surface area contributed by atoms with Gasteiger partial charge in [0.05, 0.1) is 11.6 Å². The van der Waals surface area contributed by atoms with Crippen molar-refractivity contribution in [3.05, 3.63) is 23.2 Å². The monoisotopic (exact) mass is 278 g/mol. The molecule has 0 heterocycles. The number of nitrogens with one attached hydrogen (secondary N) is 1. The number of ether oxygens (including phenoxy) is 1. The molecular formula is C10H15ClN2O3S. The van der Waals surface area contributed by atoms with Gasteiger partial charge in [0.15, 0.2) is 0 Å². The predicted molar refractivity (Wildman–Crippen MR) is 67.5 cm³/mol. The van der Waals surface area contributed by atoms with E-state index in [4.69, 9.17) is 22.1 Å². The van der Waals surface area contributed by atoms with Gasteiger partial charge < -0.3 is 10.5 Å². The first-order valence-electron chi connectivity index (χ1n) is 4.93. The van der Waals surface area contributed by atoms with E-state index in [0.29, 0.717) is 5.69 Å². The molecule has 1 aromatic rings. The number of hydrogen-bond donors (Lipinski definition) is 2. The van der Waals surface area contributed by atoms with Crippen molar-refractivity contribution >= 4 is 27.3 Å². The van der Waals surface area contributed by atoms with Gasteiger partial charge in [0.2, 0.25) is 10.0 Å². The molecule has 1 rings (SSSR count). The molecule has 0 aliphatic carbocycles. The second-order valence-electron chi connectivity index (χ2n) is 3.67. The van der Waals surface area contributed by atoms with Crippen LogP contribution in [-0.4, -0.2) is 28.2 Å². The van der Waals surface area contributed by atoms with E-state index in [9.17, 15) is 8.42 Å². The minimum atomic E-state index is -3.65. The summed E-state index contributed by atoms with van der Waals surface area (Å²) in [7, 11) is -2.15. The highest BCUT2D eigenvalue weighted by Crippen LogP contribution is 2.23. The molecule has 1 unspecified atom stereocenters. The quantitative estimate of drug-likeness (QED) is 0.794. The topological polar surface area (TPSA) is 81.4 Å². The Kier molecular flexibility index (Phi) is 4.76. The molecule has 7 heteroatoms. The van der Waals surface area contributed by atoms with E-state index in [1.165, 1.54) is 25.3 Å². The fourth-order valence-corrected chi connectivity index (χ4v) is 3.13. The van der Waals surface area contributed by atoms with E-state index in [1.54, 1.807) is 6.92 Å². The normalized spacial score (nSPS) is 13.6. The van der Waals surface area contributed by atoms with Crippen LogP contribution in [0.4, 0.5) is 5.69 Å². The zero-order valence-corrected chi connectivity index (χ0v) is 11.2. The lowest BCUT2D eigenvalue weighted by Gasteiger charge is -2.14. The van der Waals surface area contributed by atoms with Crippen LogP contribution in [-0.2, 0) is 14.8 Å². The van der Waals surface area contributed by atoms with Crippen molar-refractivity contribution in [3.8, 4) is 0 Å². The summed E-state index contributed by atoms with van der Waals surface area (Å²) in [6, 6.07) is 3.93. The van der Waals surface area contributed by atoms with Gasteiger partial charge in [-0.3, -0.25) is 0 Å². The van der Waals surface area contributed by atoms with E-state index < -0.39 is 10.0 Å². The highest BCUT2D eigenvalue weighted by Gasteiger charge is 2.20. The van der Waals surface area contributed by atoms with Gasteiger partial charge in [0.25, 0.3) is 0 Å². The number of rotatable bonds is 5. The zero-order chi connectivity index (χ0) is 13.1. The summed E-state index contributed by atoms with van der Waals surface area (Å²) in [6.45, 7) is 1.98. The summed E-state index contributed by atoms with van der Waals surface area (Å²) in [5.74, 6) is 0. The van der Waals surface area contributed by atoms with Crippen LogP contribution in [0.25, 0.3) is 0 Å². The van der Waals surface area contributed by atoms with Gasteiger partial charge >= 0.3 is 0 Å². The second-order valence-corrected chi connectivity index (χ2v) is 5.76. The van der Waals surface area contributed by atoms with Crippen LogP contribution in [0, 0.1) is 0 Å². The predicted octanol–water partition coefficient (Wildman–Crippen LogP) is 1.24. The average molecular weight is 279 g/mol. The number of nitrogens with two attached hydrogens (primary N) is 1. The Balaban J connectivity index is 2.97. The molecule has 5 nitrogen and oxygen atoms in total. The van der Waals surface area contributed by atoms with E-state index >= 15 is 0 Å². The minimum Gasteiger partial charge on any atom is -0.399 e. The van der Waals surface area contributed by atoms with Crippen molar-refractivity contribution in [2.24, 2.45) is 0 Å². The Hall–Kier alpha value is -0.820. The van der Waals surface area contributed by atoms with Gasteiger partial charge in [-0.25, -0.2) is 13.1 Å². The minimum absolute atomic E-state index is 0.0105. The lowest BCUT2D eigenvalue weighted by Crippen LogP contribution is -2.35. The lowest BCUT2D eigenvalue weighted by atomic mass is 10.3. The standard InChI is InChI=1S/C10H15ClN2O3S/c1-7(6-16-2)13-17(14,15)10-4-3-8(12)5-9(10)11/h3-5,7,13H,6,12H2,1-2H3. The van der Waals surface area contributed by atoms with Crippen molar-refractivity contribution in [2.45, 2.75) is 17.9 Å². The summed E-state index contributed by atoms with van der Waals surface area (Å²) in [6.07, 6.45) is 0. The van der Waals surface area contributed by atoms with Crippen LogP contribution in [0.2, 0.25) is 5.02 Å². The number of halogens is 1. The van der Waals surface area contributed by atoms with Crippen LogP contribution in [0.15, 0.2) is 23.1 Å². The molecule has 0 aliphatic rings. The van der Waals surface area contributed by atoms with E-state index in [2.05, 4.69) is 4.72 Å². The van der Waals surface area contributed by atoms with Crippen LogP contribution in [0.5, 0.6) is 0 Å². The van der Waals surface area contributed by atoms with Crippen molar-refractivity contribution in [2.75, 3.05) is 19.5 Å². The summed E-state index contributed by atoms with van der Waals surface area (Å²) in [5.41, 5.74) is 5.92. The fourth-order valence-electron chi connectivity index (χ4n) is 1.35. The molecule has 0 radical (unpaired) electrons. The molecule has 0 saturated heterocycles. The summed E-state index contributed by atoms with van der Waals surface area (Å²) >= 11 is 5.84. The van der Waals surface area contributed by atoms with E-state index in [-0.39, 0.29) is 22.6 Å². The van der Waals surface area contributed by atoms with E-state index in [0.717, 1.165) is 0 Å². The Morgan fingerprint density at radius 2 is 2.18 bits per heavy atom. The second kappa shape index (κ2) is 5.68. The maximum atomic E-state index is 12.0. The third-order valence-corrected chi connectivity index (χ3v) is 4.09. The smallest absolute Gasteiger partial charge is 0.242 e. The van der Waals surface area contributed by atoms with Gasteiger partial charge in [-0.15, -0.1) is 0 Å². The Morgan fingerprint density at radius 3 is 2.71 bits per heavy atom. The number of sulfonamides is 1. The van der Waals surface area contributed by atoms with Crippen molar-refractivity contribution in [3.63, 3.8) is 0 Å². The van der Waals surface area contributed by atoms with Gasteiger partial charge in [-0.05, 0) is 25.1 Å². The first kappa shape index (κ1) is 14.2.